The summed E-state index contributed by atoms with van der Waals surface area (Å²) >= 11 is 5.94. The van der Waals surface area contributed by atoms with Gasteiger partial charge in [-0.3, -0.25) is 9.69 Å². The lowest BCUT2D eigenvalue weighted by atomic mass is 10.0. The number of alkyl halides is 3. The lowest BCUT2D eigenvalue weighted by molar-refractivity contribution is -0.141. The molecule has 0 unspecified atom stereocenters. The second-order valence-electron chi connectivity index (χ2n) is 7.94. The Morgan fingerprint density at radius 2 is 2.03 bits per heavy atom. The molecule has 0 aliphatic carbocycles. The first-order chi connectivity index (χ1) is 15.5. The predicted molar refractivity (Wildman–Crippen MR) is 116 cm³/mol. The van der Waals surface area contributed by atoms with E-state index in [-0.39, 0.29) is 47.5 Å². The predicted octanol–water partition coefficient (Wildman–Crippen LogP) is 4.45. The maximum Gasteiger partial charge on any atom is 0.433 e. The second-order valence-corrected chi connectivity index (χ2v) is 8.35. The third kappa shape index (κ3) is 5.84. The zero-order chi connectivity index (χ0) is 24.3. The minimum Gasteiger partial charge on any atom is -0.480 e. The van der Waals surface area contributed by atoms with Gasteiger partial charge in [0.05, 0.1) is 25.0 Å². The number of nitrogens with zero attached hydrogens (tertiary/aromatic N) is 4. The van der Waals surface area contributed by atoms with Crippen molar-refractivity contribution in [1.82, 2.24) is 14.9 Å². The molecule has 3 heterocycles. The molecule has 0 radical (unpaired) electrons. The Morgan fingerprint density at radius 3 is 2.61 bits per heavy atom. The van der Waals surface area contributed by atoms with Crippen LogP contribution in [0.1, 0.15) is 26.0 Å². The van der Waals surface area contributed by atoms with E-state index in [1.165, 1.54) is 35.1 Å². The second kappa shape index (κ2) is 9.82. The van der Waals surface area contributed by atoms with Crippen LogP contribution in [0.15, 0.2) is 30.5 Å². The number of carbonyl (C=O) groups is 2. The van der Waals surface area contributed by atoms with Crippen LogP contribution in [-0.2, 0) is 11.0 Å². The van der Waals surface area contributed by atoms with Gasteiger partial charge in [0.15, 0.2) is 0 Å². The molecule has 3 amide bonds. The molecule has 1 aliphatic heterocycles. The van der Waals surface area contributed by atoms with E-state index in [0.29, 0.717) is 6.42 Å². The minimum atomic E-state index is -4.57. The Hall–Kier alpha value is -3.08. The van der Waals surface area contributed by atoms with Gasteiger partial charge in [-0.15, -0.1) is 0 Å². The molecule has 0 saturated carbocycles. The first kappa shape index (κ1) is 24.6. The van der Waals surface area contributed by atoms with Crippen molar-refractivity contribution in [2.24, 2.45) is 5.92 Å². The number of hydrogen-bond donors (Lipinski definition) is 1. The largest absolute Gasteiger partial charge is 0.480 e. The number of rotatable bonds is 7. The molecule has 2 aromatic rings. The molecule has 0 bridgehead atoms. The Kier molecular flexibility index (Phi) is 7.31. The molecule has 1 saturated heterocycles. The first-order valence-corrected chi connectivity index (χ1v) is 10.5. The highest BCUT2D eigenvalue weighted by Crippen LogP contribution is 2.31. The number of methoxy groups -OCH3 is 1. The maximum absolute atomic E-state index is 13.1. The number of nitrogens with one attached hydrogen (secondary N) is 1. The monoisotopic (exact) mass is 485 g/mol. The Labute approximate surface area is 193 Å². The van der Waals surface area contributed by atoms with Crippen LogP contribution < -0.4 is 15.0 Å². The van der Waals surface area contributed by atoms with Gasteiger partial charge in [0.2, 0.25) is 11.8 Å². The molecular formula is C21H23ClF3N5O3. The average Bonchev–Trinajstić information content (AvgIpc) is 3.03. The number of aromatic nitrogens is 2. The third-order valence-corrected chi connectivity index (χ3v) is 5.28. The molecule has 1 fully saturated rings. The van der Waals surface area contributed by atoms with Crippen LogP contribution in [-0.4, -0.2) is 53.0 Å². The highest BCUT2D eigenvalue weighted by Gasteiger charge is 2.40. The lowest BCUT2D eigenvalue weighted by Crippen LogP contribution is -2.41. The summed E-state index contributed by atoms with van der Waals surface area (Å²) in [4.78, 5) is 36.0. The van der Waals surface area contributed by atoms with Gasteiger partial charge in [0, 0.05) is 6.54 Å². The number of carbonyl (C=O) groups excluding carboxylic acids is 2. The van der Waals surface area contributed by atoms with Crippen LogP contribution in [0.2, 0.25) is 5.02 Å². The number of hydrogen-bond acceptors (Lipinski definition) is 5. The fourth-order valence-electron chi connectivity index (χ4n) is 3.54. The van der Waals surface area contributed by atoms with E-state index in [2.05, 4.69) is 15.3 Å². The summed E-state index contributed by atoms with van der Waals surface area (Å²) in [5, 5.41) is 2.89. The minimum absolute atomic E-state index is 0.144. The average molecular weight is 486 g/mol. The molecule has 0 spiro atoms. The standard InChI is InChI=1S/C21H23ClF3N5O3/c1-12(2)8-14-10-29(13-4-6-16(26-9-13)21(23,24)25)20(32)30(14)11-18(31)27-17-7-5-15(22)19(28-17)33-3/h4-7,9,12,14H,8,10-11H2,1-3H3,(H,27,28,31)/t14-/m0/s1. The molecule has 3 rings (SSSR count). The molecule has 178 valence electrons. The van der Waals surface area contributed by atoms with E-state index < -0.39 is 23.8 Å². The molecule has 33 heavy (non-hydrogen) atoms. The van der Waals surface area contributed by atoms with Crippen LogP contribution in [0.5, 0.6) is 5.88 Å². The van der Waals surface area contributed by atoms with Gasteiger partial charge in [0.25, 0.3) is 0 Å². The zero-order valence-electron chi connectivity index (χ0n) is 18.2. The Morgan fingerprint density at radius 1 is 1.30 bits per heavy atom. The molecule has 2 aromatic heterocycles. The summed E-state index contributed by atoms with van der Waals surface area (Å²) in [6.45, 7) is 3.93. The Balaban J connectivity index is 1.76. The number of anilines is 2. The molecule has 1 atom stereocenters. The molecule has 0 aromatic carbocycles. The highest BCUT2D eigenvalue weighted by molar-refractivity contribution is 6.31. The van der Waals surface area contributed by atoms with Gasteiger partial charge in [-0.2, -0.15) is 18.2 Å². The van der Waals surface area contributed by atoms with Crippen molar-refractivity contribution >= 4 is 35.0 Å². The number of pyridine rings is 2. The number of halogens is 4. The quantitative estimate of drug-likeness (QED) is 0.626. The van der Waals surface area contributed by atoms with E-state index in [1.807, 2.05) is 13.8 Å². The number of ether oxygens (including phenoxy) is 1. The van der Waals surface area contributed by atoms with Gasteiger partial charge in [-0.1, -0.05) is 25.4 Å². The molecule has 8 nitrogen and oxygen atoms in total. The SMILES string of the molecule is COc1nc(NC(=O)CN2C(=O)N(c3ccc(C(F)(F)F)nc3)C[C@@H]2CC(C)C)ccc1Cl. The van der Waals surface area contributed by atoms with Gasteiger partial charge in [-0.05, 0) is 36.6 Å². The summed E-state index contributed by atoms with van der Waals surface area (Å²) in [6.07, 6.45) is -2.95. The fraction of sp³-hybridized carbons (Fsp3) is 0.429. The maximum atomic E-state index is 13.1. The summed E-state index contributed by atoms with van der Waals surface area (Å²) in [5.74, 6) is 0.0880. The van der Waals surface area contributed by atoms with Gasteiger partial charge in [0.1, 0.15) is 23.1 Å². The summed E-state index contributed by atoms with van der Waals surface area (Å²) < 4.78 is 43.5. The third-order valence-electron chi connectivity index (χ3n) is 4.99. The van der Waals surface area contributed by atoms with E-state index in [0.717, 1.165) is 12.3 Å². The number of urea groups is 1. The van der Waals surface area contributed by atoms with Crippen molar-refractivity contribution in [3.8, 4) is 5.88 Å². The normalized spacial score (nSPS) is 16.5. The fourth-order valence-corrected chi connectivity index (χ4v) is 3.73. The summed E-state index contributed by atoms with van der Waals surface area (Å²) in [5.41, 5.74) is -0.812. The lowest BCUT2D eigenvalue weighted by Gasteiger charge is -2.23. The van der Waals surface area contributed by atoms with E-state index >= 15 is 0 Å². The zero-order valence-corrected chi connectivity index (χ0v) is 18.9. The summed E-state index contributed by atoms with van der Waals surface area (Å²) in [7, 11) is 1.39. The first-order valence-electron chi connectivity index (χ1n) is 10.1. The van der Waals surface area contributed by atoms with Crippen molar-refractivity contribution in [2.75, 3.05) is 30.4 Å². The molecule has 1 N–H and O–H groups in total. The Bertz CT molecular complexity index is 1020. The van der Waals surface area contributed by atoms with Crippen molar-refractivity contribution < 1.29 is 27.5 Å². The van der Waals surface area contributed by atoms with Crippen LogP contribution in [0.4, 0.5) is 29.5 Å². The highest BCUT2D eigenvalue weighted by atomic mass is 35.5. The number of amides is 3. The van der Waals surface area contributed by atoms with E-state index in [4.69, 9.17) is 16.3 Å². The van der Waals surface area contributed by atoms with Crippen LogP contribution in [0.25, 0.3) is 0 Å². The van der Waals surface area contributed by atoms with E-state index in [9.17, 15) is 22.8 Å². The molecule has 12 heteroatoms. The summed E-state index contributed by atoms with van der Waals surface area (Å²) in [6, 6.07) is 4.26. The van der Waals surface area contributed by atoms with Gasteiger partial charge >= 0.3 is 12.2 Å². The van der Waals surface area contributed by atoms with E-state index in [1.54, 1.807) is 0 Å². The van der Waals surface area contributed by atoms with Crippen LogP contribution in [0, 0.1) is 5.92 Å². The van der Waals surface area contributed by atoms with Crippen molar-refractivity contribution in [1.29, 1.82) is 0 Å². The smallest absolute Gasteiger partial charge is 0.433 e. The van der Waals surface area contributed by atoms with Crippen molar-refractivity contribution in [3.63, 3.8) is 0 Å². The molecule has 1 aliphatic rings. The van der Waals surface area contributed by atoms with Gasteiger partial charge < -0.3 is 15.0 Å². The van der Waals surface area contributed by atoms with Crippen molar-refractivity contribution in [2.45, 2.75) is 32.5 Å². The van der Waals surface area contributed by atoms with Crippen LogP contribution in [0.3, 0.4) is 0 Å². The van der Waals surface area contributed by atoms with Crippen molar-refractivity contribution in [3.05, 3.63) is 41.2 Å². The van der Waals surface area contributed by atoms with Crippen LogP contribution >= 0.6 is 11.6 Å². The van der Waals surface area contributed by atoms with Gasteiger partial charge in [-0.25, -0.2) is 9.78 Å². The molecular weight excluding hydrogens is 463 g/mol. The topological polar surface area (TPSA) is 87.7 Å².